The predicted octanol–water partition coefficient (Wildman–Crippen LogP) is 3.76. The van der Waals surface area contributed by atoms with Gasteiger partial charge in [-0.25, -0.2) is 0 Å². The Morgan fingerprint density at radius 2 is 1.75 bits per heavy atom. The van der Waals surface area contributed by atoms with Crippen molar-refractivity contribution in [3.8, 4) is 5.75 Å². The third kappa shape index (κ3) is 5.26. The van der Waals surface area contributed by atoms with E-state index in [9.17, 15) is 9.59 Å². The summed E-state index contributed by atoms with van der Waals surface area (Å²) in [6.45, 7) is 5.32. The lowest BCUT2D eigenvalue weighted by Crippen LogP contribution is -2.47. The number of amides is 2. The van der Waals surface area contributed by atoms with Crippen LogP contribution >= 0.6 is 11.6 Å². The number of carbonyl (C=O) groups excluding carboxylic acids is 2. The van der Waals surface area contributed by atoms with Gasteiger partial charge in [0.05, 0.1) is 0 Å². The highest BCUT2D eigenvalue weighted by molar-refractivity contribution is 6.30. The summed E-state index contributed by atoms with van der Waals surface area (Å²) in [5.74, 6) is 0.571. The smallest absolute Gasteiger partial charge is 0.260 e. The van der Waals surface area contributed by atoms with Gasteiger partial charge in [0.15, 0.2) is 6.61 Å². The first-order chi connectivity index (χ1) is 13.4. The Morgan fingerprint density at radius 1 is 1.07 bits per heavy atom. The average molecular weight is 401 g/mol. The van der Waals surface area contributed by atoms with Crippen LogP contribution in [-0.4, -0.2) is 42.5 Å². The monoisotopic (exact) mass is 400 g/mol. The van der Waals surface area contributed by atoms with Crippen molar-refractivity contribution < 1.29 is 14.3 Å². The maximum atomic E-state index is 12.4. The molecule has 0 spiro atoms. The Kier molecular flexibility index (Phi) is 6.57. The Balaban J connectivity index is 1.44. The highest BCUT2D eigenvalue weighted by Gasteiger charge is 2.24. The highest BCUT2D eigenvalue weighted by Crippen LogP contribution is 2.17. The summed E-state index contributed by atoms with van der Waals surface area (Å²) in [6.07, 6.45) is 1.46. The molecule has 3 rings (SSSR count). The molecule has 1 heterocycles. The molecule has 2 aromatic carbocycles. The molecule has 1 fully saturated rings. The molecule has 0 atom stereocenters. The lowest BCUT2D eigenvalue weighted by atomic mass is 10.0. The minimum atomic E-state index is -0.112. The van der Waals surface area contributed by atoms with E-state index >= 15 is 0 Å². The lowest BCUT2D eigenvalue weighted by molar-refractivity contribution is -0.134. The zero-order chi connectivity index (χ0) is 20.1. The fraction of sp³-hybridized carbons (Fsp3) is 0.364. The zero-order valence-corrected chi connectivity index (χ0v) is 17.0. The summed E-state index contributed by atoms with van der Waals surface area (Å²) in [5.41, 5.74) is 2.92. The van der Waals surface area contributed by atoms with E-state index in [1.165, 1.54) is 5.56 Å². The molecule has 1 aliphatic heterocycles. The molecule has 1 N–H and O–H groups in total. The molecule has 1 saturated heterocycles. The topological polar surface area (TPSA) is 58.6 Å². The van der Waals surface area contributed by atoms with Crippen LogP contribution in [0.4, 0.5) is 0 Å². The van der Waals surface area contributed by atoms with Crippen LogP contribution in [0, 0.1) is 13.8 Å². The van der Waals surface area contributed by atoms with Crippen molar-refractivity contribution in [3.63, 3.8) is 0 Å². The van der Waals surface area contributed by atoms with Crippen molar-refractivity contribution in [2.45, 2.75) is 32.7 Å². The zero-order valence-electron chi connectivity index (χ0n) is 16.2. The van der Waals surface area contributed by atoms with Gasteiger partial charge in [0.2, 0.25) is 0 Å². The fourth-order valence-electron chi connectivity index (χ4n) is 3.18. The van der Waals surface area contributed by atoms with E-state index in [0.29, 0.717) is 29.4 Å². The first kappa shape index (κ1) is 20.2. The quantitative estimate of drug-likeness (QED) is 0.831. The summed E-state index contributed by atoms with van der Waals surface area (Å²) in [6, 6.07) is 12.7. The molecule has 0 aromatic heterocycles. The molecular weight excluding hydrogens is 376 g/mol. The van der Waals surface area contributed by atoms with E-state index in [2.05, 4.69) is 5.32 Å². The van der Waals surface area contributed by atoms with E-state index in [-0.39, 0.29) is 24.5 Å². The van der Waals surface area contributed by atoms with Crippen molar-refractivity contribution >= 4 is 23.4 Å². The van der Waals surface area contributed by atoms with E-state index in [0.717, 1.165) is 18.4 Å². The summed E-state index contributed by atoms with van der Waals surface area (Å²) in [4.78, 5) is 26.5. The Labute approximate surface area is 170 Å². The normalized spacial score (nSPS) is 14.6. The number of hydrogen-bond acceptors (Lipinski definition) is 3. The second-order valence-electron chi connectivity index (χ2n) is 7.17. The van der Waals surface area contributed by atoms with Gasteiger partial charge in [0.1, 0.15) is 5.75 Å². The molecule has 0 radical (unpaired) electrons. The summed E-state index contributed by atoms with van der Waals surface area (Å²) >= 11 is 5.85. The van der Waals surface area contributed by atoms with Crippen LogP contribution in [0.15, 0.2) is 42.5 Å². The molecule has 2 aromatic rings. The molecule has 0 aliphatic carbocycles. The molecule has 2 amide bonds. The Morgan fingerprint density at radius 3 is 2.39 bits per heavy atom. The van der Waals surface area contributed by atoms with Gasteiger partial charge in [-0.3, -0.25) is 9.59 Å². The highest BCUT2D eigenvalue weighted by atomic mass is 35.5. The van der Waals surface area contributed by atoms with Gasteiger partial charge < -0.3 is 15.0 Å². The fourth-order valence-corrected chi connectivity index (χ4v) is 3.31. The molecule has 6 heteroatoms. The molecule has 5 nitrogen and oxygen atoms in total. The van der Waals surface area contributed by atoms with E-state index in [1.54, 1.807) is 29.2 Å². The van der Waals surface area contributed by atoms with Gasteiger partial charge in [-0.05, 0) is 74.2 Å². The number of piperidine rings is 1. The van der Waals surface area contributed by atoms with Crippen LogP contribution in [0.25, 0.3) is 0 Å². The van der Waals surface area contributed by atoms with E-state index in [4.69, 9.17) is 16.3 Å². The van der Waals surface area contributed by atoms with Crippen LogP contribution in [0.2, 0.25) is 5.02 Å². The van der Waals surface area contributed by atoms with Gasteiger partial charge in [0, 0.05) is 29.7 Å². The number of halogens is 1. The summed E-state index contributed by atoms with van der Waals surface area (Å²) in [7, 11) is 0. The van der Waals surface area contributed by atoms with Crippen LogP contribution in [0.3, 0.4) is 0 Å². The van der Waals surface area contributed by atoms with Gasteiger partial charge >= 0.3 is 0 Å². The SMILES string of the molecule is Cc1ccc(OCC(=O)N2CCC(NC(=O)c3ccc(Cl)cc3)CC2)cc1C. The molecule has 0 saturated carbocycles. The lowest BCUT2D eigenvalue weighted by Gasteiger charge is -2.32. The number of nitrogens with one attached hydrogen (secondary N) is 1. The molecule has 148 valence electrons. The third-order valence-electron chi connectivity index (χ3n) is 5.13. The average Bonchev–Trinajstić information content (AvgIpc) is 2.69. The number of nitrogens with zero attached hydrogens (tertiary/aromatic N) is 1. The van der Waals surface area contributed by atoms with Crippen LogP contribution in [-0.2, 0) is 4.79 Å². The molecule has 1 aliphatic rings. The summed E-state index contributed by atoms with van der Waals surface area (Å²) in [5, 5.41) is 3.64. The van der Waals surface area contributed by atoms with Crippen molar-refractivity contribution in [1.29, 1.82) is 0 Å². The standard InChI is InChI=1S/C22H25ClN2O3/c1-15-3-8-20(13-16(15)2)28-14-21(26)25-11-9-19(10-12-25)24-22(27)17-4-6-18(23)7-5-17/h3-8,13,19H,9-12,14H2,1-2H3,(H,24,27). The second-order valence-corrected chi connectivity index (χ2v) is 7.61. The predicted molar refractivity (Wildman–Crippen MR) is 110 cm³/mol. The number of benzene rings is 2. The maximum absolute atomic E-state index is 12.4. The largest absolute Gasteiger partial charge is 0.484 e. The first-order valence-corrected chi connectivity index (χ1v) is 9.84. The van der Waals surface area contributed by atoms with Crippen LogP contribution < -0.4 is 10.1 Å². The molecule has 0 bridgehead atoms. The minimum absolute atomic E-state index is 0.0271. The van der Waals surface area contributed by atoms with E-state index in [1.807, 2.05) is 32.0 Å². The summed E-state index contributed by atoms with van der Waals surface area (Å²) < 4.78 is 5.64. The number of carbonyl (C=O) groups is 2. The van der Waals surface area contributed by atoms with Crippen molar-refractivity contribution in [1.82, 2.24) is 10.2 Å². The maximum Gasteiger partial charge on any atom is 0.260 e. The van der Waals surface area contributed by atoms with Crippen LogP contribution in [0.5, 0.6) is 5.75 Å². The van der Waals surface area contributed by atoms with Crippen molar-refractivity contribution in [2.24, 2.45) is 0 Å². The number of hydrogen-bond donors (Lipinski definition) is 1. The number of rotatable bonds is 5. The van der Waals surface area contributed by atoms with Crippen LogP contribution in [0.1, 0.15) is 34.3 Å². The number of likely N-dealkylation sites (tertiary alicyclic amines) is 1. The van der Waals surface area contributed by atoms with Gasteiger partial charge in [-0.2, -0.15) is 0 Å². The van der Waals surface area contributed by atoms with Crippen molar-refractivity contribution in [3.05, 3.63) is 64.2 Å². The van der Waals surface area contributed by atoms with Gasteiger partial charge in [-0.15, -0.1) is 0 Å². The van der Waals surface area contributed by atoms with Crippen molar-refractivity contribution in [2.75, 3.05) is 19.7 Å². The van der Waals surface area contributed by atoms with Gasteiger partial charge in [0.25, 0.3) is 11.8 Å². The first-order valence-electron chi connectivity index (χ1n) is 9.46. The minimum Gasteiger partial charge on any atom is -0.484 e. The number of ether oxygens (including phenoxy) is 1. The number of aryl methyl sites for hydroxylation is 2. The third-order valence-corrected chi connectivity index (χ3v) is 5.38. The molecule has 0 unspecified atom stereocenters. The second kappa shape index (κ2) is 9.11. The Bertz CT molecular complexity index is 843. The molecule has 28 heavy (non-hydrogen) atoms. The Hall–Kier alpha value is -2.53. The molecular formula is C22H25ClN2O3. The van der Waals surface area contributed by atoms with Gasteiger partial charge in [-0.1, -0.05) is 17.7 Å². The van der Waals surface area contributed by atoms with E-state index < -0.39 is 0 Å².